The Morgan fingerprint density at radius 3 is 1.77 bits per heavy atom. The van der Waals surface area contributed by atoms with Crippen molar-refractivity contribution in [1.82, 2.24) is 0 Å². The normalized spacial score (nSPS) is 14.8. The van der Waals surface area contributed by atoms with E-state index in [1.54, 1.807) is 0 Å². The topological polar surface area (TPSA) is 172 Å². The monoisotopic (exact) mass is 332 g/mol. The zero-order valence-corrected chi connectivity index (χ0v) is 12.7. The van der Waals surface area contributed by atoms with Gasteiger partial charge in [-0.25, -0.2) is 9.59 Å². The van der Waals surface area contributed by atoms with Crippen LogP contribution in [-0.4, -0.2) is 97.8 Å². The highest BCUT2D eigenvalue weighted by atomic mass is 16.8. The standard InChI is InChI=1S/C4H6O4.C3H6O3.C3H8O3.CH4O/c5-1-3-2-7-4(6)8-3;1-5-3(4)6-2;4-1-3(6)2-5;1-2/h3,5H,1-2H2;1-2H3;3-6H,1-2H2;2H,1H3. The maximum Gasteiger partial charge on any atom is 0.508 e. The molecule has 1 fully saturated rings. The summed E-state index contributed by atoms with van der Waals surface area (Å²) in [5.74, 6) is 0. The molecular weight excluding hydrogens is 308 g/mol. The van der Waals surface area contributed by atoms with Crippen LogP contribution in [0.5, 0.6) is 0 Å². The summed E-state index contributed by atoms with van der Waals surface area (Å²) < 4.78 is 16.8. The van der Waals surface area contributed by atoms with Crippen LogP contribution >= 0.6 is 0 Å². The van der Waals surface area contributed by atoms with Crippen molar-refractivity contribution >= 4 is 12.3 Å². The molecule has 0 aromatic carbocycles. The predicted molar refractivity (Wildman–Crippen MR) is 71.0 cm³/mol. The molecule has 0 aromatic heterocycles. The largest absolute Gasteiger partial charge is 0.508 e. The van der Waals surface area contributed by atoms with Crippen LogP contribution in [0.25, 0.3) is 0 Å². The zero-order valence-electron chi connectivity index (χ0n) is 12.7. The van der Waals surface area contributed by atoms with Crippen molar-refractivity contribution in [3.8, 4) is 0 Å². The Labute approximate surface area is 127 Å². The Morgan fingerprint density at radius 2 is 1.68 bits per heavy atom. The molecule has 0 amide bonds. The number of hydrogen-bond acceptors (Lipinski definition) is 11. The van der Waals surface area contributed by atoms with Gasteiger partial charge in [-0.2, -0.15) is 0 Å². The van der Waals surface area contributed by atoms with E-state index in [0.29, 0.717) is 0 Å². The van der Waals surface area contributed by atoms with E-state index in [4.69, 9.17) is 25.5 Å². The first-order chi connectivity index (χ1) is 10.4. The second-order valence-corrected chi connectivity index (χ2v) is 3.16. The molecule has 134 valence electrons. The number of methoxy groups -OCH3 is 2. The molecule has 0 aliphatic carbocycles. The van der Waals surface area contributed by atoms with Crippen molar-refractivity contribution in [3.63, 3.8) is 0 Å². The number of carbonyl (C=O) groups excluding carboxylic acids is 2. The molecule has 22 heavy (non-hydrogen) atoms. The van der Waals surface area contributed by atoms with Crippen molar-refractivity contribution in [2.45, 2.75) is 12.2 Å². The maximum atomic E-state index is 10.1. The average Bonchev–Trinajstić information content (AvgIpc) is 3.01. The molecule has 11 nitrogen and oxygen atoms in total. The van der Waals surface area contributed by atoms with E-state index in [0.717, 1.165) is 7.11 Å². The van der Waals surface area contributed by atoms with Crippen LogP contribution in [0.4, 0.5) is 9.59 Å². The van der Waals surface area contributed by atoms with Gasteiger partial charge in [-0.15, -0.1) is 0 Å². The molecule has 0 saturated carbocycles. The van der Waals surface area contributed by atoms with Gasteiger partial charge in [0.05, 0.1) is 34.0 Å². The first kappa shape index (κ1) is 25.3. The van der Waals surface area contributed by atoms with E-state index >= 15 is 0 Å². The van der Waals surface area contributed by atoms with Crippen LogP contribution in [0.15, 0.2) is 0 Å². The molecule has 0 bridgehead atoms. The molecule has 1 rings (SSSR count). The zero-order chi connectivity index (χ0) is 18.0. The summed E-state index contributed by atoms with van der Waals surface area (Å²) in [5.41, 5.74) is 0. The van der Waals surface area contributed by atoms with Crippen LogP contribution in [0.1, 0.15) is 0 Å². The first-order valence-corrected chi connectivity index (χ1v) is 5.85. The molecule has 1 aliphatic rings. The van der Waals surface area contributed by atoms with Gasteiger partial charge < -0.3 is 44.5 Å². The minimum absolute atomic E-state index is 0.161. The third-order valence-electron chi connectivity index (χ3n) is 1.61. The van der Waals surface area contributed by atoms with E-state index in [2.05, 4.69) is 18.9 Å². The first-order valence-electron chi connectivity index (χ1n) is 5.85. The molecule has 1 saturated heterocycles. The summed E-state index contributed by atoms with van der Waals surface area (Å²) in [7, 11) is 3.51. The van der Waals surface area contributed by atoms with Gasteiger partial charge in [-0.05, 0) is 0 Å². The molecule has 0 spiro atoms. The molecule has 5 N–H and O–H groups in total. The Morgan fingerprint density at radius 1 is 1.23 bits per heavy atom. The van der Waals surface area contributed by atoms with Crippen molar-refractivity contribution in [2.24, 2.45) is 0 Å². The van der Waals surface area contributed by atoms with Crippen LogP contribution in [0.2, 0.25) is 0 Å². The van der Waals surface area contributed by atoms with E-state index in [-0.39, 0.29) is 26.4 Å². The lowest BCUT2D eigenvalue weighted by atomic mass is 10.4. The summed E-state index contributed by atoms with van der Waals surface area (Å²) in [6.07, 6.45) is -2.74. The number of hydrogen-bond donors (Lipinski definition) is 5. The fourth-order valence-electron chi connectivity index (χ4n) is 0.596. The highest BCUT2D eigenvalue weighted by molar-refractivity contribution is 5.61. The van der Waals surface area contributed by atoms with Gasteiger partial charge in [-0.3, -0.25) is 0 Å². The second kappa shape index (κ2) is 19.3. The smallest absolute Gasteiger partial charge is 0.438 e. The van der Waals surface area contributed by atoms with Crippen LogP contribution in [0.3, 0.4) is 0 Å². The summed E-state index contributed by atoms with van der Waals surface area (Å²) in [4.78, 5) is 19.8. The molecule has 1 atom stereocenters. The van der Waals surface area contributed by atoms with Crippen LogP contribution < -0.4 is 0 Å². The van der Waals surface area contributed by atoms with Gasteiger partial charge in [0.2, 0.25) is 0 Å². The lowest BCUT2D eigenvalue weighted by Crippen LogP contribution is -2.15. The Bertz CT molecular complexity index is 248. The predicted octanol–water partition coefficient (Wildman–Crippen LogP) is -2.15. The number of aliphatic hydroxyl groups is 5. The van der Waals surface area contributed by atoms with Gasteiger partial charge in [0.15, 0.2) is 6.10 Å². The Balaban J connectivity index is -0.000000237. The maximum absolute atomic E-state index is 10.1. The number of rotatable bonds is 3. The third kappa shape index (κ3) is 18.3. The second-order valence-electron chi connectivity index (χ2n) is 3.16. The van der Waals surface area contributed by atoms with Crippen LogP contribution in [0, 0.1) is 0 Å². The number of carbonyl (C=O) groups is 2. The molecule has 1 heterocycles. The molecule has 0 radical (unpaired) electrons. The number of ether oxygens (including phenoxy) is 4. The van der Waals surface area contributed by atoms with Gasteiger partial charge in [0.25, 0.3) is 0 Å². The summed E-state index contributed by atoms with van der Waals surface area (Å²) in [5, 5.41) is 39.3. The Kier molecular flexibility index (Phi) is 22.2. The van der Waals surface area contributed by atoms with Crippen molar-refractivity contribution < 1.29 is 54.1 Å². The highest BCUT2D eigenvalue weighted by Crippen LogP contribution is 2.03. The van der Waals surface area contributed by atoms with Gasteiger partial charge in [0.1, 0.15) is 12.7 Å². The Hall–Kier alpha value is -1.66. The van der Waals surface area contributed by atoms with E-state index in [1.165, 1.54) is 14.2 Å². The summed E-state index contributed by atoms with van der Waals surface area (Å²) in [6.45, 7) is -0.714. The van der Waals surface area contributed by atoms with Crippen molar-refractivity contribution in [1.29, 1.82) is 0 Å². The van der Waals surface area contributed by atoms with Crippen molar-refractivity contribution in [2.75, 3.05) is 47.8 Å². The number of cyclic esters (lactones) is 2. The van der Waals surface area contributed by atoms with Gasteiger partial charge >= 0.3 is 12.3 Å². The SMILES string of the molecule is CO.COC(=O)OC.O=C1OCC(CO)O1.OCC(O)CO. The van der Waals surface area contributed by atoms with Crippen LogP contribution in [-0.2, 0) is 18.9 Å². The summed E-state index contributed by atoms with van der Waals surface area (Å²) in [6, 6.07) is 0. The number of aliphatic hydroxyl groups excluding tert-OH is 5. The van der Waals surface area contributed by atoms with Gasteiger partial charge in [0, 0.05) is 7.11 Å². The molecule has 1 aliphatic heterocycles. The highest BCUT2D eigenvalue weighted by Gasteiger charge is 2.23. The summed E-state index contributed by atoms with van der Waals surface area (Å²) >= 11 is 0. The van der Waals surface area contributed by atoms with E-state index in [1.807, 2.05) is 0 Å². The third-order valence-corrected chi connectivity index (χ3v) is 1.61. The molecule has 1 unspecified atom stereocenters. The quantitative estimate of drug-likeness (QED) is 0.357. The minimum atomic E-state index is -0.954. The van der Waals surface area contributed by atoms with Crippen molar-refractivity contribution in [3.05, 3.63) is 0 Å². The minimum Gasteiger partial charge on any atom is -0.438 e. The molecule has 11 heteroatoms. The fraction of sp³-hybridized carbons (Fsp3) is 0.818. The lowest BCUT2D eigenvalue weighted by molar-refractivity contribution is 0.0450. The molecular formula is C11H24O11. The fourth-order valence-corrected chi connectivity index (χ4v) is 0.596. The lowest BCUT2D eigenvalue weighted by Gasteiger charge is -1.96. The molecule has 0 aromatic rings. The van der Waals surface area contributed by atoms with Gasteiger partial charge in [-0.1, -0.05) is 0 Å². The van der Waals surface area contributed by atoms with E-state index < -0.39 is 24.5 Å². The average molecular weight is 332 g/mol. The van der Waals surface area contributed by atoms with E-state index in [9.17, 15) is 9.59 Å².